The topological polar surface area (TPSA) is 45.5 Å². The van der Waals surface area contributed by atoms with Gasteiger partial charge in [0.05, 0.1) is 0 Å². The minimum Gasteiger partial charge on any atom is -0.478 e. The number of aryl methyl sites for hydroxylation is 2. The fraction of sp³-hybridized carbons (Fsp3) is 0.409. The minimum absolute atomic E-state index is 0.525. The summed E-state index contributed by atoms with van der Waals surface area (Å²) in [6, 6.07) is 6.53. The average molecular weight is 385 g/mol. The molecule has 2 aromatic heterocycles. The molecule has 0 saturated heterocycles. The molecule has 0 saturated carbocycles. The molecule has 5 heteroatoms. The summed E-state index contributed by atoms with van der Waals surface area (Å²) in [7, 11) is 0. The Kier molecular flexibility index (Phi) is 6.69. The van der Waals surface area contributed by atoms with Gasteiger partial charge in [0.2, 0.25) is 0 Å². The number of nitrogens with zero attached hydrogens (tertiary/aromatic N) is 2. The van der Waals surface area contributed by atoms with Gasteiger partial charge in [-0.25, -0.2) is 4.79 Å². The Bertz CT molecular complexity index is 800. The molecule has 144 valence electrons. The van der Waals surface area contributed by atoms with E-state index in [0.29, 0.717) is 12.1 Å². The van der Waals surface area contributed by atoms with E-state index in [1.165, 1.54) is 21.7 Å². The van der Waals surface area contributed by atoms with E-state index >= 15 is 0 Å². The molecule has 0 atom stereocenters. The van der Waals surface area contributed by atoms with Crippen molar-refractivity contribution >= 4 is 22.9 Å². The lowest BCUT2D eigenvalue weighted by molar-refractivity contribution is -0.133. The SMILES string of the molecule is CCc1ccsc1C(=CCCN1CCC=C(C(=O)O)C1)c1cccn1CC. The Morgan fingerprint density at radius 1 is 1.33 bits per heavy atom. The maximum Gasteiger partial charge on any atom is 0.332 e. The maximum atomic E-state index is 11.2. The van der Waals surface area contributed by atoms with Gasteiger partial charge in [0.1, 0.15) is 0 Å². The summed E-state index contributed by atoms with van der Waals surface area (Å²) in [6.45, 7) is 7.69. The van der Waals surface area contributed by atoms with Crippen LogP contribution in [0.3, 0.4) is 0 Å². The number of hydrogen-bond donors (Lipinski definition) is 1. The van der Waals surface area contributed by atoms with E-state index in [1.54, 1.807) is 0 Å². The Morgan fingerprint density at radius 3 is 2.93 bits per heavy atom. The molecule has 1 N–H and O–H groups in total. The monoisotopic (exact) mass is 384 g/mol. The number of rotatable bonds is 8. The van der Waals surface area contributed by atoms with E-state index in [4.69, 9.17) is 0 Å². The van der Waals surface area contributed by atoms with Crippen LogP contribution < -0.4 is 0 Å². The molecule has 0 spiro atoms. The van der Waals surface area contributed by atoms with Crippen LogP contribution in [0.4, 0.5) is 0 Å². The third-order valence-corrected chi connectivity index (χ3v) is 6.11. The molecule has 0 fully saturated rings. The largest absolute Gasteiger partial charge is 0.478 e. The number of carbonyl (C=O) groups is 1. The van der Waals surface area contributed by atoms with Gasteiger partial charge in [0.25, 0.3) is 0 Å². The molecule has 1 aliphatic heterocycles. The van der Waals surface area contributed by atoms with E-state index in [1.807, 2.05) is 17.4 Å². The first-order valence-corrected chi connectivity index (χ1v) is 10.6. The first-order valence-electron chi connectivity index (χ1n) is 9.71. The fourth-order valence-electron chi connectivity index (χ4n) is 3.64. The van der Waals surface area contributed by atoms with Crippen molar-refractivity contribution in [2.24, 2.45) is 0 Å². The summed E-state index contributed by atoms with van der Waals surface area (Å²) < 4.78 is 2.29. The molecule has 2 aromatic rings. The highest BCUT2D eigenvalue weighted by Gasteiger charge is 2.17. The van der Waals surface area contributed by atoms with Gasteiger partial charge in [0, 0.05) is 54.1 Å². The van der Waals surface area contributed by atoms with Crippen molar-refractivity contribution < 1.29 is 9.90 Å². The predicted octanol–water partition coefficient (Wildman–Crippen LogP) is 4.67. The molecule has 3 rings (SSSR count). The average Bonchev–Trinajstić information content (AvgIpc) is 3.34. The summed E-state index contributed by atoms with van der Waals surface area (Å²) in [5.41, 5.74) is 4.49. The van der Waals surface area contributed by atoms with Crippen LogP contribution in [-0.2, 0) is 17.8 Å². The third-order valence-electron chi connectivity index (χ3n) is 5.12. The van der Waals surface area contributed by atoms with Gasteiger partial charge in [-0.1, -0.05) is 19.1 Å². The zero-order valence-electron chi connectivity index (χ0n) is 16.1. The number of thiophene rings is 1. The van der Waals surface area contributed by atoms with Crippen molar-refractivity contribution in [3.63, 3.8) is 0 Å². The summed E-state index contributed by atoms with van der Waals surface area (Å²) in [5.74, 6) is -0.789. The number of aliphatic carboxylic acids is 1. The number of carboxylic acids is 1. The van der Waals surface area contributed by atoms with E-state index in [-0.39, 0.29) is 0 Å². The number of aromatic nitrogens is 1. The molecule has 0 amide bonds. The molecule has 0 aliphatic carbocycles. The van der Waals surface area contributed by atoms with E-state index in [2.05, 4.69) is 59.2 Å². The zero-order chi connectivity index (χ0) is 19.2. The van der Waals surface area contributed by atoms with Crippen LogP contribution in [0.25, 0.3) is 5.57 Å². The van der Waals surface area contributed by atoms with Crippen LogP contribution in [0.2, 0.25) is 0 Å². The Labute approximate surface area is 165 Å². The van der Waals surface area contributed by atoms with Gasteiger partial charge in [-0.3, -0.25) is 4.90 Å². The normalized spacial score (nSPS) is 15.8. The van der Waals surface area contributed by atoms with Gasteiger partial charge >= 0.3 is 5.97 Å². The summed E-state index contributed by atoms with van der Waals surface area (Å²) in [6.07, 6.45) is 9.09. The zero-order valence-corrected chi connectivity index (χ0v) is 17.0. The van der Waals surface area contributed by atoms with Crippen LogP contribution in [0.15, 0.2) is 47.5 Å². The highest BCUT2D eigenvalue weighted by atomic mass is 32.1. The van der Waals surface area contributed by atoms with Crippen molar-refractivity contribution in [1.82, 2.24) is 9.47 Å². The smallest absolute Gasteiger partial charge is 0.332 e. The van der Waals surface area contributed by atoms with Gasteiger partial charge in [-0.2, -0.15) is 0 Å². The Morgan fingerprint density at radius 2 is 2.19 bits per heavy atom. The fourth-order valence-corrected chi connectivity index (χ4v) is 4.69. The van der Waals surface area contributed by atoms with E-state index in [9.17, 15) is 9.90 Å². The van der Waals surface area contributed by atoms with Crippen LogP contribution in [-0.4, -0.2) is 40.2 Å². The van der Waals surface area contributed by atoms with Crippen LogP contribution in [0, 0.1) is 0 Å². The molecule has 0 radical (unpaired) electrons. The summed E-state index contributed by atoms with van der Waals surface area (Å²) in [5, 5.41) is 11.4. The lowest BCUT2D eigenvalue weighted by atomic mass is 10.0. The van der Waals surface area contributed by atoms with Crippen molar-refractivity contribution in [1.29, 1.82) is 0 Å². The first kappa shape index (κ1) is 19.6. The second kappa shape index (κ2) is 9.20. The molecule has 3 heterocycles. The van der Waals surface area contributed by atoms with Crippen LogP contribution in [0.1, 0.15) is 42.8 Å². The summed E-state index contributed by atoms with van der Waals surface area (Å²) in [4.78, 5) is 14.8. The molecule has 0 aromatic carbocycles. The molecule has 0 unspecified atom stereocenters. The van der Waals surface area contributed by atoms with Crippen molar-refractivity contribution in [3.05, 3.63) is 63.6 Å². The predicted molar refractivity (Wildman–Crippen MR) is 112 cm³/mol. The molecular weight excluding hydrogens is 356 g/mol. The van der Waals surface area contributed by atoms with Crippen molar-refractivity contribution in [3.8, 4) is 0 Å². The minimum atomic E-state index is -0.789. The Hall–Kier alpha value is -2.11. The van der Waals surface area contributed by atoms with Gasteiger partial charge in [-0.15, -0.1) is 11.3 Å². The van der Waals surface area contributed by atoms with Gasteiger partial charge < -0.3 is 9.67 Å². The first-order chi connectivity index (χ1) is 13.1. The van der Waals surface area contributed by atoms with Crippen LogP contribution in [0.5, 0.6) is 0 Å². The maximum absolute atomic E-state index is 11.2. The van der Waals surface area contributed by atoms with Gasteiger partial charge in [0.15, 0.2) is 0 Å². The highest BCUT2D eigenvalue weighted by Crippen LogP contribution is 2.32. The molecular formula is C22H28N2O2S. The lowest BCUT2D eigenvalue weighted by Crippen LogP contribution is -2.32. The highest BCUT2D eigenvalue weighted by molar-refractivity contribution is 7.11. The number of carboxylic acid groups (broad SMARTS) is 1. The van der Waals surface area contributed by atoms with Crippen LogP contribution >= 0.6 is 11.3 Å². The molecule has 0 bridgehead atoms. The van der Waals surface area contributed by atoms with Gasteiger partial charge in [-0.05, 0) is 55.3 Å². The number of hydrogen-bond acceptors (Lipinski definition) is 3. The second-order valence-corrected chi connectivity index (χ2v) is 7.73. The quantitative estimate of drug-likeness (QED) is 0.719. The Balaban J connectivity index is 1.79. The molecule has 27 heavy (non-hydrogen) atoms. The lowest BCUT2D eigenvalue weighted by Gasteiger charge is -2.25. The third kappa shape index (κ3) is 4.60. The summed E-state index contributed by atoms with van der Waals surface area (Å²) >= 11 is 1.81. The van der Waals surface area contributed by atoms with Crippen molar-refractivity contribution in [2.75, 3.05) is 19.6 Å². The van der Waals surface area contributed by atoms with E-state index < -0.39 is 5.97 Å². The van der Waals surface area contributed by atoms with E-state index in [0.717, 1.165) is 38.9 Å². The molecule has 1 aliphatic rings. The second-order valence-electron chi connectivity index (χ2n) is 6.81. The standard InChI is InChI=1S/C22H28N2O2S/c1-3-17-11-15-27-21(17)19(20-10-7-14-24(20)4-2)9-6-13-23-12-5-8-18(16-23)22(25)26/h7-11,14-15H,3-6,12-13,16H2,1-2H3,(H,25,26). The van der Waals surface area contributed by atoms with Crippen molar-refractivity contribution in [2.45, 2.75) is 39.7 Å². The molecule has 4 nitrogen and oxygen atoms in total.